The van der Waals surface area contributed by atoms with E-state index < -0.39 is 50.3 Å². The van der Waals surface area contributed by atoms with Gasteiger partial charge in [-0.1, -0.05) is 30.3 Å². The zero-order valence-corrected chi connectivity index (χ0v) is 15.7. The van der Waals surface area contributed by atoms with Crippen molar-refractivity contribution >= 4 is 19.2 Å². The van der Waals surface area contributed by atoms with Crippen molar-refractivity contribution in [2.75, 3.05) is 39.2 Å². The number of nitrogens with one attached hydrogen (secondary N) is 1. The summed E-state index contributed by atoms with van der Waals surface area (Å²) in [5.41, 5.74) is -0.774. The molecule has 1 heterocycles. The highest BCUT2D eigenvalue weighted by atomic mass is 31.2. The van der Waals surface area contributed by atoms with Crippen molar-refractivity contribution in [3.63, 3.8) is 0 Å². The first-order valence-corrected chi connectivity index (χ1v) is 10.4. The Labute approximate surface area is 156 Å². The monoisotopic (exact) mass is 402 g/mol. The predicted octanol–water partition coefficient (Wildman–Crippen LogP) is -0.303. The van der Waals surface area contributed by atoms with Crippen LogP contribution in [0.3, 0.4) is 0 Å². The number of aliphatic hydroxyl groups is 1. The van der Waals surface area contributed by atoms with Crippen molar-refractivity contribution < 1.29 is 38.8 Å². The van der Waals surface area contributed by atoms with Crippen molar-refractivity contribution in [1.82, 2.24) is 10.4 Å². The van der Waals surface area contributed by atoms with Gasteiger partial charge in [0, 0.05) is 12.2 Å². The zero-order chi connectivity index (χ0) is 20.1. The quantitative estimate of drug-likeness (QED) is 0.276. The topological polar surface area (TPSA) is 146 Å². The molecule has 0 aromatic heterocycles. The summed E-state index contributed by atoms with van der Waals surface area (Å²) in [6.07, 6.45) is -1.33. The predicted molar refractivity (Wildman–Crippen MR) is 93.2 cm³/mol. The maximum atomic E-state index is 12.1. The average molecular weight is 402 g/mol. The van der Waals surface area contributed by atoms with E-state index in [4.69, 9.17) is 14.4 Å². The van der Waals surface area contributed by atoms with Gasteiger partial charge in [0.25, 0.3) is 5.91 Å². The lowest BCUT2D eigenvalue weighted by Gasteiger charge is -2.42. The molecule has 1 aromatic carbocycles. The molecular weight excluding hydrogens is 379 g/mol. The number of ether oxygens (including phenoxy) is 2. The lowest BCUT2D eigenvalue weighted by Crippen LogP contribution is -2.62. The summed E-state index contributed by atoms with van der Waals surface area (Å²) >= 11 is 0. The smallest absolute Gasteiger partial charge is 0.266 e. The number of carbonyl (C=O) groups is 2. The number of aliphatic hydroxyl groups excluding tert-OH is 1. The number of carbonyl (C=O) groups excluding carboxylic acids is 2. The van der Waals surface area contributed by atoms with Crippen LogP contribution in [0.25, 0.3) is 0 Å². The van der Waals surface area contributed by atoms with Gasteiger partial charge in [-0.05, 0) is 0 Å². The van der Waals surface area contributed by atoms with Gasteiger partial charge in [-0.2, -0.15) is 0 Å². The molecule has 27 heavy (non-hydrogen) atoms. The van der Waals surface area contributed by atoms with Gasteiger partial charge < -0.3 is 24.8 Å². The minimum atomic E-state index is -3.57. The number of hydroxylamine groups is 2. The molecule has 0 spiro atoms. The van der Waals surface area contributed by atoms with Crippen molar-refractivity contribution in [2.45, 2.75) is 11.8 Å². The zero-order valence-electron chi connectivity index (χ0n) is 14.8. The summed E-state index contributed by atoms with van der Waals surface area (Å²) < 4.78 is 22.3. The molecule has 4 N–H and O–H groups in total. The highest BCUT2D eigenvalue weighted by Crippen LogP contribution is 2.34. The van der Waals surface area contributed by atoms with Gasteiger partial charge in [0.15, 0.2) is 6.29 Å². The molecule has 1 fully saturated rings. The minimum Gasteiger partial charge on any atom is -0.394 e. The van der Waals surface area contributed by atoms with Gasteiger partial charge in [0.05, 0.1) is 26.4 Å². The maximum absolute atomic E-state index is 12.1. The molecule has 1 atom stereocenters. The Balaban J connectivity index is 1.93. The maximum Gasteiger partial charge on any atom is 0.266 e. The number of nitrogens with zero attached hydrogens (tertiary/aromatic N) is 1. The van der Waals surface area contributed by atoms with Crippen LogP contribution in [-0.2, 0) is 23.6 Å². The van der Waals surface area contributed by atoms with Crippen molar-refractivity contribution in [1.29, 1.82) is 0 Å². The third kappa shape index (κ3) is 5.83. The fraction of sp³-hybridized carbons (Fsp3) is 0.500. The summed E-state index contributed by atoms with van der Waals surface area (Å²) in [6, 6.07) is 9.04. The first-order valence-electron chi connectivity index (χ1n) is 8.14. The number of hydrogen-bond donors (Lipinski definition) is 4. The van der Waals surface area contributed by atoms with E-state index >= 15 is 0 Å². The molecule has 2 amide bonds. The van der Waals surface area contributed by atoms with E-state index in [1.807, 2.05) is 18.2 Å². The Morgan fingerprint density at radius 3 is 2.41 bits per heavy atom. The Bertz CT molecular complexity index is 700. The molecule has 1 aliphatic rings. The molecule has 0 bridgehead atoms. The molecule has 1 saturated heterocycles. The van der Waals surface area contributed by atoms with Gasteiger partial charge in [0.1, 0.15) is 11.7 Å². The molecule has 1 unspecified atom stereocenters. The number of amides is 2. The first kappa shape index (κ1) is 21.5. The number of hydrogen-bond acceptors (Lipinski definition) is 7. The molecular formula is C16H23N2O8P. The van der Waals surface area contributed by atoms with E-state index in [9.17, 15) is 24.5 Å². The fourth-order valence-electron chi connectivity index (χ4n) is 2.47. The van der Waals surface area contributed by atoms with Crippen LogP contribution in [0, 0.1) is 0 Å². The molecule has 11 heteroatoms. The van der Waals surface area contributed by atoms with Crippen LogP contribution < -0.4 is 5.32 Å². The van der Waals surface area contributed by atoms with E-state index in [2.05, 4.69) is 5.32 Å². The molecule has 0 radical (unpaired) electrons. The van der Waals surface area contributed by atoms with E-state index in [1.165, 1.54) is 0 Å². The second-order valence-electron chi connectivity index (χ2n) is 6.44. The second-order valence-corrected chi connectivity index (χ2v) is 8.86. The van der Waals surface area contributed by atoms with Crippen molar-refractivity contribution in [3.05, 3.63) is 35.9 Å². The lowest BCUT2D eigenvalue weighted by atomic mass is 10.0. The van der Waals surface area contributed by atoms with Crippen molar-refractivity contribution in [2.24, 2.45) is 0 Å². The molecule has 2 rings (SSSR count). The summed E-state index contributed by atoms with van der Waals surface area (Å²) in [6.45, 7) is -0.613. The van der Waals surface area contributed by atoms with Crippen LogP contribution in [0.1, 0.15) is 11.9 Å². The molecule has 0 aliphatic carbocycles. The minimum absolute atomic E-state index is 0.194. The highest BCUT2D eigenvalue weighted by molar-refractivity contribution is 7.58. The molecule has 10 nitrogen and oxygen atoms in total. The van der Waals surface area contributed by atoms with Crippen LogP contribution in [0.15, 0.2) is 30.3 Å². The largest absolute Gasteiger partial charge is 0.394 e. The molecule has 150 valence electrons. The van der Waals surface area contributed by atoms with Gasteiger partial charge in [0.2, 0.25) is 13.3 Å². The van der Waals surface area contributed by atoms with Crippen LogP contribution in [0.5, 0.6) is 0 Å². The van der Waals surface area contributed by atoms with E-state index in [0.717, 1.165) is 12.2 Å². The Morgan fingerprint density at radius 1 is 1.30 bits per heavy atom. The Morgan fingerprint density at radius 2 is 1.89 bits per heavy atom. The van der Waals surface area contributed by atoms with E-state index in [1.54, 1.807) is 12.1 Å². The molecule has 1 aliphatic heterocycles. The van der Waals surface area contributed by atoms with E-state index in [-0.39, 0.29) is 18.3 Å². The van der Waals surface area contributed by atoms with Gasteiger partial charge in [-0.3, -0.25) is 19.4 Å². The summed E-state index contributed by atoms with van der Waals surface area (Å²) in [7, 11) is -3.57. The molecule has 1 aromatic rings. The van der Waals surface area contributed by atoms with Gasteiger partial charge in [-0.15, -0.1) is 0 Å². The normalized spacial score (nSPS) is 24.7. The fourth-order valence-corrected chi connectivity index (χ4v) is 3.12. The number of rotatable bonds is 7. The highest BCUT2D eigenvalue weighted by Gasteiger charge is 2.44. The Hall–Kier alpha value is -1.81. The molecule has 0 saturated carbocycles. The summed E-state index contributed by atoms with van der Waals surface area (Å²) in [4.78, 5) is 32.8. The third-order valence-corrected chi connectivity index (χ3v) is 4.81. The first-order chi connectivity index (χ1) is 12.7. The van der Waals surface area contributed by atoms with Crippen molar-refractivity contribution in [3.8, 4) is 0 Å². The number of benzene rings is 1. The summed E-state index contributed by atoms with van der Waals surface area (Å²) in [5, 5.41) is 22.3. The lowest BCUT2D eigenvalue weighted by molar-refractivity contribution is -0.288. The second kappa shape index (κ2) is 8.92. The van der Waals surface area contributed by atoms with Gasteiger partial charge in [-0.25, -0.2) is 5.06 Å². The van der Waals surface area contributed by atoms with Crippen LogP contribution >= 0.6 is 7.37 Å². The average Bonchev–Trinajstić information content (AvgIpc) is 2.65. The van der Waals surface area contributed by atoms with Crippen LogP contribution in [0.4, 0.5) is 0 Å². The third-order valence-electron chi connectivity index (χ3n) is 3.93. The Kier molecular flexibility index (Phi) is 7.10. The standard InChI is InChI=1S/C16H23N2O8P/c1-27(23,24)8-13(20)17-7-14(21)18(22)16(9-19)10-25-15(26-11-16)12-5-3-2-4-6-12/h2-6,15,19,22H,7-11H2,1H3,(H,17,20)(H,23,24). The van der Waals surface area contributed by atoms with Crippen LogP contribution in [-0.4, -0.2) is 76.8 Å². The van der Waals surface area contributed by atoms with Crippen LogP contribution in [0.2, 0.25) is 0 Å². The summed E-state index contributed by atoms with van der Waals surface area (Å²) in [5.74, 6) is -1.73. The SMILES string of the molecule is CP(=O)(O)CC(=O)NCC(=O)N(O)C1(CO)COC(c2ccccc2)OC1. The van der Waals surface area contributed by atoms with Gasteiger partial charge >= 0.3 is 0 Å². The van der Waals surface area contributed by atoms with E-state index in [0.29, 0.717) is 0 Å².